The molecule has 0 aliphatic rings. The van der Waals surface area contributed by atoms with Gasteiger partial charge in [0.15, 0.2) is 11.0 Å². The number of thioether (sulfide) groups is 1. The lowest BCUT2D eigenvalue weighted by Gasteiger charge is -2.13. The molecule has 0 radical (unpaired) electrons. The minimum Gasteiger partial charge on any atom is -0.378 e. The highest BCUT2D eigenvalue weighted by Crippen LogP contribution is 2.29. The lowest BCUT2D eigenvalue weighted by Crippen LogP contribution is -2.20. The van der Waals surface area contributed by atoms with E-state index in [-0.39, 0.29) is 17.5 Å². The maximum Gasteiger partial charge on any atom is 0.250 e. The van der Waals surface area contributed by atoms with Crippen molar-refractivity contribution < 1.29 is 9.18 Å². The summed E-state index contributed by atoms with van der Waals surface area (Å²) in [6.45, 7) is 2.40. The molecule has 0 atom stereocenters. The molecule has 184 valence electrons. The first kappa shape index (κ1) is 25.7. The summed E-state index contributed by atoms with van der Waals surface area (Å²) >= 11 is 13.8. The van der Waals surface area contributed by atoms with Crippen LogP contribution in [0.5, 0.6) is 0 Å². The van der Waals surface area contributed by atoms with Crippen LogP contribution in [0.15, 0.2) is 77.0 Å². The molecular formula is C25H21Cl2FN6OS. The summed E-state index contributed by atoms with van der Waals surface area (Å²) in [6, 6.07) is 18.9. The van der Waals surface area contributed by atoms with E-state index < -0.39 is 0 Å². The van der Waals surface area contributed by atoms with Gasteiger partial charge in [-0.2, -0.15) is 5.10 Å². The van der Waals surface area contributed by atoms with E-state index in [1.807, 2.05) is 31.2 Å². The molecule has 0 spiro atoms. The average Bonchev–Trinajstić information content (AvgIpc) is 3.25. The van der Waals surface area contributed by atoms with Crippen molar-refractivity contribution in [2.75, 3.05) is 11.1 Å². The molecule has 0 saturated carbocycles. The summed E-state index contributed by atoms with van der Waals surface area (Å²) in [5.41, 5.74) is 5.83. The first-order chi connectivity index (χ1) is 17.4. The standard InChI is InChI=1S/C25H21Cl2FN6OS/c1-16-3-2-4-20(11-16)29-14-23-31-33-25(34(23)22-10-7-18(26)12-21(22)27)36-15-24(35)32-30-13-17-5-8-19(28)9-6-17/h2-13,29H,14-15H2,1H3,(H,32,35). The fourth-order valence-electron chi connectivity index (χ4n) is 3.24. The highest BCUT2D eigenvalue weighted by molar-refractivity contribution is 7.99. The predicted molar refractivity (Wildman–Crippen MR) is 143 cm³/mol. The topological polar surface area (TPSA) is 84.2 Å². The monoisotopic (exact) mass is 542 g/mol. The van der Waals surface area contributed by atoms with Gasteiger partial charge < -0.3 is 5.32 Å². The maximum atomic E-state index is 13.0. The van der Waals surface area contributed by atoms with Crippen LogP contribution in [0, 0.1) is 12.7 Å². The van der Waals surface area contributed by atoms with E-state index in [2.05, 4.69) is 26.0 Å². The normalized spacial score (nSPS) is 11.1. The Kier molecular flexibility index (Phi) is 8.58. The third-order valence-corrected chi connectivity index (χ3v) is 6.39. The van der Waals surface area contributed by atoms with Crippen LogP contribution < -0.4 is 10.7 Å². The van der Waals surface area contributed by atoms with Crippen LogP contribution >= 0.6 is 35.0 Å². The Morgan fingerprint density at radius 3 is 2.67 bits per heavy atom. The molecule has 0 saturated heterocycles. The van der Waals surface area contributed by atoms with Gasteiger partial charge in [-0.05, 0) is 60.5 Å². The van der Waals surface area contributed by atoms with Gasteiger partial charge in [-0.25, -0.2) is 9.82 Å². The number of nitrogens with zero attached hydrogens (tertiary/aromatic N) is 4. The highest BCUT2D eigenvalue weighted by atomic mass is 35.5. The summed E-state index contributed by atoms with van der Waals surface area (Å²) < 4.78 is 14.8. The number of halogens is 3. The highest BCUT2D eigenvalue weighted by Gasteiger charge is 2.18. The van der Waals surface area contributed by atoms with Crippen molar-refractivity contribution in [2.45, 2.75) is 18.6 Å². The van der Waals surface area contributed by atoms with E-state index in [0.29, 0.717) is 38.8 Å². The number of nitrogens with one attached hydrogen (secondary N) is 2. The van der Waals surface area contributed by atoms with E-state index in [1.165, 1.54) is 30.1 Å². The van der Waals surface area contributed by atoms with Crippen molar-refractivity contribution in [1.82, 2.24) is 20.2 Å². The third-order valence-electron chi connectivity index (χ3n) is 4.92. The second-order valence-corrected chi connectivity index (χ2v) is 9.47. The van der Waals surface area contributed by atoms with Gasteiger partial charge in [-0.1, -0.05) is 59.2 Å². The molecule has 1 heterocycles. The van der Waals surface area contributed by atoms with Crippen molar-refractivity contribution in [3.05, 3.63) is 99.5 Å². The number of hydrogen-bond acceptors (Lipinski definition) is 6. The van der Waals surface area contributed by atoms with Gasteiger partial charge in [-0.15, -0.1) is 10.2 Å². The van der Waals surface area contributed by atoms with Crippen molar-refractivity contribution in [1.29, 1.82) is 0 Å². The fourth-order valence-corrected chi connectivity index (χ4v) is 4.49. The minimum atomic E-state index is -0.342. The van der Waals surface area contributed by atoms with Crippen molar-refractivity contribution >= 4 is 52.8 Å². The average molecular weight is 543 g/mol. The SMILES string of the molecule is Cc1cccc(NCc2nnc(SCC(=O)NN=Cc3ccc(F)cc3)n2-c2ccc(Cl)cc2Cl)c1. The maximum absolute atomic E-state index is 13.0. The number of anilines is 1. The molecule has 0 unspecified atom stereocenters. The predicted octanol–water partition coefficient (Wildman–Crippen LogP) is 5.88. The minimum absolute atomic E-state index is 0.0371. The summed E-state index contributed by atoms with van der Waals surface area (Å²) in [4.78, 5) is 12.4. The molecule has 0 aliphatic carbocycles. The molecule has 11 heteroatoms. The largest absolute Gasteiger partial charge is 0.378 e. The molecule has 4 rings (SSSR count). The molecule has 0 aliphatic heterocycles. The summed E-state index contributed by atoms with van der Waals surface area (Å²) in [7, 11) is 0. The van der Waals surface area contributed by atoms with Gasteiger partial charge >= 0.3 is 0 Å². The Hall–Kier alpha value is -3.40. The number of hydrogen-bond donors (Lipinski definition) is 2. The number of rotatable bonds is 9. The smallest absolute Gasteiger partial charge is 0.250 e. The fraction of sp³-hybridized carbons (Fsp3) is 0.120. The van der Waals surface area contributed by atoms with E-state index in [4.69, 9.17) is 23.2 Å². The van der Waals surface area contributed by atoms with Gasteiger partial charge in [-0.3, -0.25) is 9.36 Å². The molecule has 1 amide bonds. The number of carbonyl (C=O) groups is 1. The third kappa shape index (κ3) is 6.84. The van der Waals surface area contributed by atoms with Crippen LogP contribution in [-0.4, -0.2) is 32.6 Å². The van der Waals surface area contributed by atoms with E-state index in [0.717, 1.165) is 11.3 Å². The van der Waals surface area contributed by atoms with E-state index in [9.17, 15) is 9.18 Å². The van der Waals surface area contributed by atoms with Gasteiger partial charge in [0.05, 0.1) is 29.2 Å². The Morgan fingerprint density at radius 1 is 1.11 bits per heavy atom. The second kappa shape index (κ2) is 12.0. The molecule has 2 N–H and O–H groups in total. The number of aryl methyl sites for hydroxylation is 1. The zero-order valence-corrected chi connectivity index (χ0v) is 21.4. The van der Waals surface area contributed by atoms with E-state index >= 15 is 0 Å². The zero-order valence-electron chi connectivity index (χ0n) is 19.1. The van der Waals surface area contributed by atoms with Crippen LogP contribution in [0.3, 0.4) is 0 Å². The van der Waals surface area contributed by atoms with Crippen LogP contribution in [-0.2, 0) is 11.3 Å². The quantitative estimate of drug-likeness (QED) is 0.157. The number of aromatic nitrogens is 3. The lowest BCUT2D eigenvalue weighted by atomic mass is 10.2. The molecule has 3 aromatic carbocycles. The molecule has 36 heavy (non-hydrogen) atoms. The molecule has 0 fully saturated rings. The Bertz CT molecular complexity index is 1390. The molecule has 0 bridgehead atoms. The number of carbonyl (C=O) groups excluding carboxylic acids is 1. The second-order valence-electron chi connectivity index (χ2n) is 7.69. The molecular weight excluding hydrogens is 522 g/mol. The Morgan fingerprint density at radius 2 is 1.92 bits per heavy atom. The van der Waals surface area contributed by atoms with Crippen molar-refractivity contribution in [3.63, 3.8) is 0 Å². The van der Waals surface area contributed by atoms with Gasteiger partial charge in [0.25, 0.3) is 5.91 Å². The summed E-state index contributed by atoms with van der Waals surface area (Å²) in [6.07, 6.45) is 1.44. The molecule has 4 aromatic rings. The van der Waals surface area contributed by atoms with Crippen LogP contribution in [0.1, 0.15) is 17.0 Å². The number of benzene rings is 3. The Labute approximate surface area is 221 Å². The van der Waals surface area contributed by atoms with Crippen molar-refractivity contribution in [3.8, 4) is 5.69 Å². The van der Waals surface area contributed by atoms with Gasteiger partial charge in [0.2, 0.25) is 0 Å². The summed E-state index contributed by atoms with van der Waals surface area (Å²) in [5, 5.41) is 17.3. The number of amides is 1. The van der Waals surface area contributed by atoms with E-state index in [1.54, 1.807) is 34.9 Å². The first-order valence-electron chi connectivity index (χ1n) is 10.8. The zero-order chi connectivity index (χ0) is 25.5. The van der Waals surface area contributed by atoms with Crippen LogP contribution in [0.25, 0.3) is 5.69 Å². The van der Waals surface area contributed by atoms with Crippen LogP contribution in [0.2, 0.25) is 10.0 Å². The first-order valence-corrected chi connectivity index (χ1v) is 12.5. The summed E-state index contributed by atoms with van der Waals surface area (Å²) in [5.74, 6) is -0.0338. The molecule has 1 aromatic heterocycles. The van der Waals surface area contributed by atoms with Gasteiger partial charge in [0, 0.05) is 10.7 Å². The number of hydrazone groups is 1. The molecule has 7 nitrogen and oxygen atoms in total. The Balaban J connectivity index is 1.48. The lowest BCUT2D eigenvalue weighted by molar-refractivity contribution is -0.118. The van der Waals surface area contributed by atoms with Crippen LogP contribution in [0.4, 0.5) is 10.1 Å². The van der Waals surface area contributed by atoms with Crippen molar-refractivity contribution in [2.24, 2.45) is 5.10 Å². The van der Waals surface area contributed by atoms with Gasteiger partial charge in [0.1, 0.15) is 5.82 Å².